The Morgan fingerprint density at radius 2 is 0.737 bits per heavy atom. The van der Waals surface area contributed by atoms with Gasteiger partial charge in [0.15, 0.2) is 0 Å². The van der Waals surface area contributed by atoms with Gasteiger partial charge in [-0.25, -0.2) is 36.0 Å². The van der Waals surface area contributed by atoms with Crippen LogP contribution < -0.4 is 0 Å². The molecule has 2 aromatic carbocycles. The van der Waals surface area contributed by atoms with E-state index >= 15 is 0 Å². The average Bonchev–Trinajstić information content (AvgIpc) is 3.13. The molecule has 4 atom stereocenters. The minimum atomic E-state index is -4.98. The van der Waals surface area contributed by atoms with Crippen LogP contribution in [0.1, 0.15) is 148 Å². The zero-order chi connectivity index (χ0) is 42.6. The van der Waals surface area contributed by atoms with Gasteiger partial charge in [-0.2, -0.15) is 0 Å². The quantitative estimate of drug-likeness (QED) is 0.0494. The first kappa shape index (κ1) is 54.7. The van der Waals surface area contributed by atoms with E-state index < -0.39 is 53.9 Å². The predicted molar refractivity (Wildman–Crippen MR) is 212 cm³/mol. The first-order valence-electron chi connectivity index (χ1n) is 19.1. The van der Waals surface area contributed by atoms with Gasteiger partial charge < -0.3 is 28.1 Å². The average molecular weight is 964 g/mol. The Hall–Kier alpha value is -2.29. The molecule has 0 aliphatic heterocycles. The second-order valence-corrected chi connectivity index (χ2v) is 17.0. The van der Waals surface area contributed by atoms with Gasteiger partial charge in [-0.15, -0.1) is 0 Å². The molecule has 0 saturated heterocycles. The minimum Gasteiger partial charge on any atom is -0.744 e. The second kappa shape index (κ2) is 27.5. The van der Waals surface area contributed by atoms with E-state index in [4.69, 9.17) is 18.9 Å². The summed E-state index contributed by atoms with van der Waals surface area (Å²) in [4.78, 5) is 47.3. The van der Waals surface area contributed by atoms with Gasteiger partial charge in [0.25, 0.3) is 0 Å². The molecule has 4 unspecified atom stereocenters. The molecule has 14 nitrogen and oxygen atoms in total. The Morgan fingerprint density at radius 1 is 0.491 bits per heavy atom. The molecule has 0 aliphatic carbocycles. The number of carbonyl (C=O) groups excluding carboxylic acids is 4. The van der Waals surface area contributed by atoms with Crippen LogP contribution in [0.4, 0.5) is 0 Å². The van der Waals surface area contributed by atoms with Crippen LogP contribution in [0, 0.1) is 23.7 Å². The van der Waals surface area contributed by atoms with Gasteiger partial charge in [-0.05, 0) is 85.8 Å². The molecule has 2 aromatic rings. The van der Waals surface area contributed by atoms with Crippen LogP contribution in [0.15, 0.2) is 46.2 Å². The third-order valence-corrected chi connectivity index (χ3v) is 10.3. The Balaban J connectivity index is 0.00000108. The summed E-state index contributed by atoms with van der Waals surface area (Å²) >= 11 is 0. The summed E-state index contributed by atoms with van der Waals surface area (Å²) in [6.07, 6.45) is 7.21. The van der Waals surface area contributed by atoms with E-state index in [-0.39, 0.29) is 121 Å². The van der Waals surface area contributed by atoms with Gasteiger partial charge in [-0.1, -0.05) is 81.1 Å². The number of rotatable bonds is 22. The molecule has 17 heteroatoms. The monoisotopic (exact) mass is 964 g/mol. The summed E-state index contributed by atoms with van der Waals surface area (Å²) in [5.41, 5.74) is -0.966. The maximum atomic E-state index is 12.2. The molecule has 2 rings (SSSR count). The van der Waals surface area contributed by atoms with Gasteiger partial charge in [0.1, 0.15) is 20.2 Å². The standard InChI is InChI=1S/2C20H30O7S.Ba/c2*1-5-7-14(3)12-26-19(21)16-9-10-17(18(11-16)28(23,24)25)20(22)27-13-15(4)8-6-2;/h2*9-11,14-15H,5-8,12-13H2,1-4H3,(H,23,24,25);/q;;+2/p-2. The smallest absolute Gasteiger partial charge is 0.744 e. The summed E-state index contributed by atoms with van der Waals surface area (Å²) in [5.74, 6) is -2.76. The molecule has 0 heterocycles. The third-order valence-electron chi connectivity index (χ3n) is 8.53. The first-order valence-corrected chi connectivity index (χ1v) is 21.9. The molecule has 0 aromatic heterocycles. The Bertz CT molecular complexity index is 1680. The van der Waals surface area contributed by atoms with Crippen LogP contribution in [0.3, 0.4) is 0 Å². The number of carbonyl (C=O) groups is 4. The minimum absolute atomic E-state index is 0. The van der Waals surface area contributed by atoms with Gasteiger partial charge in [0.05, 0.1) is 58.5 Å². The van der Waals surface area contributed by atoms with E-state index in [0.29, 0.717) is 0 Å². The third kappa shape index (κ3) is 20.5. The zero-order valence-electron chi connectivity index (χ0n) is 34.5. The topological polar surface area (TPSA) is 220 Å². The van der Waals surface area contributed by atoms with Crippen molar-refractivity contribution in [1.82, 2.24) is 0 Å². The summed E-state index contributed by atoms with van der Waals surface area (Å²) in [7, 11) is -9.96. The molecule has 0 saturated carbocycles. The zero-order valence-corrected chi connectivity index (χ0v) is 40.6. The molecular weight excluding hydrogens is 906 g/mol. The van der Waals surface area contributed by atoms with Crippen molar-refractivity contribution >= 4 is 93.0 Å². The van der Waals surface area contributed by atoms with E-state index in [1.54, 1.807) is 0 Å². The maximum absolute atomic E-state index is 12.2. The van der Waals surface area contributed by atoms with E-state index in [1.165, 1.54) is 12.1 Å². The van der Waals surface area contributed by atoms with E-state index in [2.05, 4.69) is 0 Å². The molecule has 316 valence electrons. The molecule has 0 aliphatic rings. The van der Waals surface area contributed by atoms with Crippen LogP contribution >= 0.6 is 0 Å². The molecule has 0 radical (unpaired) electrons. The summed E-state index contributed by atoms with van der Waals surface area (Å²) in [6, 6.07) is 6.50. The van der Waals surface area contributed by atoms with E-state index in [0.717, 1.165) is 75.6 Å². The molecular formula is C40H58BaO14S2. The Labute approximate surface area is 379 Å². The summed E-state index contributed by atoms with van der Waals surface area (Å²) in [5, 5.41) is 0. The van der Waals surface area contributed by atoms with Crippen molar-refractivity contribution < 1.29 is 64.1 Å². The summed E-state index contributed by atoms with van der Waals surface area (Å²) < 4.78 is 90.2. The van der Waals surface area contributed by atoms with Crippen molar-refractivity contribution in [2.45, 2.75) is 117 Å². The molecule has 0 spiro atoms. The fourth-order valence-corrected chi connectivity index (χ4v) is 6.93. The van der Waals surface area contributed by atoms with Crippen molar-refractivity contribution in [3.05, 3.63) is 58.7 Å². The van der Waals surface area contributed by atoms with Gasteiger partial charge in [0.2, 0.25) is 0 Å². The Morgan fingerprint density at radius 3 is 0.965 bits per heavy atom. The largest absolute Gasteiger partial charge is 2.00 e. The molecule has 57 heavy (non-hydrogen) atoms. The first-order chi connectivity index (χ1) is 26.2. The SMILES string of the molecule is CCCC(C)COC(=O)c1ccc(C(=O)OCC(C)CCC)c(S(=O)(=O)[O-])c1.CCCC(C)COC(=O)c1ccc(C(=O)OCC(C)CCC)c(S(=O)(=O)[O-])c1.[Ba+2]. The maximum Gasteiger partial charge on any atom is 2.00 e. The van der Waals surface area contributed by atoms with Crippen molar-refractivity contribution in [3.63, 3.8) is 0 Å². The van der Waals surface area contributed by atoms with Crippen LogP contribution in [0.5, 0.6) is 0 Å². The van der Waals surface area contributed by atoms with Crippen molar-refractivity contribution in [3.8, 4) is 0 Å². The molecule has 0 amide bonds. The number of benzene rings is 2. The van der Waals surface area contributed by atoms with Crippen LogP contribution in [0.2, 0.25) is 0 Å². The number of esters is 4. The fourth-order valence-electron chi connectivity index (χ4n) is 5.55. The predicted octanol–water partition coefficient (Wildman–Crippen LogP) is 7.17. The second-order valence-electron chi connectivity index (χ2n) is 14.3. The van der Waals surface area contributed by atoms with Crippen LogP contribution in [-0.2, 0) is 39.2 Å². The van der Waals surface area contributed by atoms with Gasteiger partial charge >= 0.3 is 72.8 Å². The normalized spacial score (nSPS) is 13.4. The molecule has 0 bridgehead atoms. The Kier molecular flexibility index (Phi) is 26.4. The number of hydrogen-bond acceptors (Lipinski definition) is 14. The molecule has 0 fully saturated rings. The van der Waals surface area contributed by atoms with Crippen LogP contribution in [0.25, 0.3) is 0 Å². The van der Waals surface area contributed by atoms with Gasteiger partial charge in [-0.3, -0.25) is 0 Å². The van der Waals surface area contributed by atoms with Crippen molar-refractivity contribution in [2.24, 2.45) is 23.7 Å². The van der Waals surface area contributed by atoms with Crippen molar-refractivity contribution in [2.75, 3.05) is 26.4 Å². The molecule has 0 N–H and O–H groups in total. The van der Waals surface area contributed by atoms with Gasteiger partial charge in [0, 0.05) is 0 Å². The fraction of sp³-hybridized carbons (Fsp3) is 0.600. The van der Waals surface area contributed by atoms with E-state index in [1.807, 2.05) is 55.4 Å². The van der Waals surface area contributed by atoms with Crippen molar-refractivity contribution in [1.29, 1.82) is 0 Å². The van der Waals surface area contributed by atoms with Crippen LogP contribution in [-0.4, -0.2) is 125 Å². The number of hydrogen-bond donors (Lipinski definition) is 0. The summed E-state index contributed by atoms with van der Waals surface area (Å²) in [6.45, 7) is 16.3. The van der Waals surface area contributed by atoms with E-state index in [9.17, 15) is 45.1 Å². The number of ether oxygens (including phenoxy) is 4.